The largest absolute Gasteiger partial charge is 0.342 e. The topological polar surface area (TPSA) is 41.4 Å². The number of hydrogen-bond donors (Lipinski definition) is 0. The third-order valence-corrected chi connectivity index (χ3v) is 6.55. The molecule has 3 heterocycles. The average molecular weight is 382 g/mol. The zero-order valence-electron chi connectivity index (χ0n) is 16.2. The number of rotatable bonds is 5. The Bertz CT molecular complexity index is 877. The van der Waals surface area contributed by atoms with Crippen molar-refractivity contribution in [1.29, 1.82) is 0 Å². The Morgan fingerprint density at radius 3 is 2.93 bits per heavy atom. The third-order valence-electron chi connectivity index (χ3n) is 6.55. The molecule has 1 atom stereocenters. The lowest BCUT2D eigenvalue weighted by atomic mass is 9.78. The monoisotopic (exact) mass is 382 g/mol. The first kappa shape index (κ1) is 17.9. The van der Waals surface area contributed by atoms with Gasteiger partial charge in [-0.1, -0.05) is 6.07 Å². The van der Waals surface area contributed by atoms with E-state index in [9.17, 15) is 9.18 Å². The number of piperidine rings is 1. The molecule has 28 heavy (non-hydrogen) atoms. The summed E-state index contributed by atoms with van der Waals surface area (Å²) in [6.45, 7) is 4.50. The van der Waals surface area contributed by atoms with Gasteiger partial charge in [-0.2, -0.15) is 5.10 Å². The fourth-order valence-corrected chi connectivity index (χ4v) is 4.87. The van der Waals surface area contributed by atoms with E-state index in [2.05, 4.69) is 14.9 Å². The van der Waals surface area contributed by atoms with E-state index in [0.29, 0.717) is 5.91 Å². The maximum absolute atomic E-state index is 13.5. The number of aromatic nitrogens is 2. The number of carbonyl (C=O) groups is 1. The van der Waals surface area contributed by atoms with Crippen LogP contribution in [0.3, 0.4) is 0 Å². The maximum Gasteiger partial charge on any atom is 0.230 e. The van der Waals surface area contributed by atoms with Crippen molar-refractivity contribution < 1.29 is 9.18 Å². The van der Waals surface area contributed by atoms with E-state index < -0.39 is 0 Å². The summed E-state index contributed by atoms with van der Waals surface area (Å²) in [5.41, 5.74) is 1.65. The zero-order valence-corrected chi connectivity index (χ0v) is 16.2. The summed E-state index contributed by atoms with van der Waals surface area (Å²) >= 11 is 0. The first-order valence-corrected chi connectivity index (χ1v) is 10.4. The van der Waals surface area contributed by atoms with Gasteiger partial charge in [0.05, 0.1) is 17.3 Å². The Hall–Kier alpha value is -2.21. The molecule has 3 aliphatic rings. The lowest BCUT2D eigenvalue weighted by Gasteiger charge is -2.39. The van der Waals surface area contributed by atoms with Crippen LogP contribution >= 0.6 is 0 Å². The Morgan fingerprint density at radius 2 is 2.11 bits per heavy atom. The van der Waals surface area contributed by atoms with Crippen LogP contribution in [0.2, 0.25) is 0 Å². The molecular formula is C22H27FN4O. The molecular weight excluding hydrogens is 355 g/mol. The van der Waals surface area contributed by atoms with E-state index in [0.717, 1.165) is 69.2 Å². The molecule has 2 aliphatic heterocycles. The highest BCUT2D eigenvalue weighted by Gasteiger charge is 2.48. The van der Waals surface area contributed by atoms with E-state index in [1.165, 1.54) is 25.0 Å². The molecule has 1 spiro atoms. The third kappa shape index (κ3) is 3.46. The molecule has 2 saturated heterocycles. The van der Waals surface area contributed by atoms with Crippen molar-refractivity contribution in [3.63, 3.8) is 0 Å². The highest BCUT2D eigenvalue weighted by atomic mass is 19.1. The lowest BCUT2D eigenvalue weighted by Crippen LogP contribution is -2.50. The van der Waals surface area contributed by atoms with Gasteiger partial charge in [-0.15, -0.1) is 0 Å². The van der Waals surface area contributed by atoms with Crippen molar-refractivity contribution in [1.82, 2.24) is 19.6 Å². The molecule has 1 aromatic heterocycles. The smallest absolute Gasteiger partial charge is 0.230 e. The van der Waals surface area contributed by atoms with Crippen molar-refractivity contribution in [3.05, 3.63) is 48.0 Å². The Morgan fingerprint density at radius 1 is 1.21 bits per heavy atom. The van der Waals surface area contributed by atoms with Gasteiger partial charge in [0.2, 0.25) is 5.91 Å². The fraction of sp³-hybridized carbons (Fsp3) is 0.545. The summed E-state index contributed by atoms with van der Waals surface area (Å²) in [6, 6.07) is 6.46. The van der Waals surface area contributed by atoms with E-state index >= 15 is 0 Å². The van der Waals surface area contributed by atoms with E-state index in [1.807, 2.05) is 18.5 Å². The van der Waals surface area contributed by atoms with Crippen molar-refractivity contribution in [2.75, 3.05) is 26.2 Å². The number of amides is 1. The molecule has 0 radical (unpaired) electrons. The van der Waals surface area contributed by atoms with Gasteiger partial charge in [0, 0.05) is 37.9 Å². The van der Waals surface area contributed by atoms with Crippen molar-refractivity contribution >= 4 is 5.91 Å². The normalized spacial score (nSPS) is 25.8. The van der Waals surface area contributed by atoms with Gasteiger partial charge in [0.1, 0.15) is 5.82 Å². The van der Waals surface area contributed by atoms with Gasteiger partial charge in [-0.05, 0) is 62.8 Å². The van der Waals surface area contributed by atoms with E-state index in [1.54, 1.807) is 10.7 Å². The molecule has 148 valence electrons. The van der Waals surface area contributed by atoms with Crippen LogP contribution in [-0.2, 0) is 11.3 Å². The van der Waals surface area contributed by atoms with E-state index in [-0.39, 0.29) is 11.2 Å². The summed E-state index contributed by atoms with van der Waals surface area (Å²) in [5, 5.41) is 4.39. The second-order valence-corrected chi connectivity index (χ2v) is 8.81. The van der Waals surface area contributed by atoms with Crippen LogP contribution in [0, 0.1) is 17.2 Å². The molecule has 0 bridgehead atoms. The highest BCUT2D eigenvalue weighted by molar-refractivity contribution is 5.84. The Balaban J connectivity index is 1.25. The van der Waals surface area contributed by atoms with Crippen LogP contribution in [-0.4, -0.2) is 51.7 Å². The predicted octanol–water partition coefficient (Wildman–Crippen LogP) is 3.24. The van der Waals surface area contributed by atoms with Crippen LogP contribution in [0.15, 0.2) is 36.7 Å². The molecule has 1 saturated carbocycles. The first-order valence-electron chi connectivity index (χ1n) is 10.4. The number of nitrogens with zero attached hydrogens (tertiary/aromatic N) is 4. The van der Waals surface area contributed by atoms with Crippen LogP contribution in [0.1, 0.15) is 37.7 Å². The Kier molecular flexibility index (Phi) is 4.46. The molecule has 2 aromatic rings. The second kappa shape index (κ2) is 6.99. The molecule has 0 unspecified atom stereocenters. The molecule has 1 aromatic carbocycles. The SMILES string of the molecule is O=C1N(CC2CC2)CCC[C@]12CCN(Cc1cnn(-c3cccc(F)c3)c1)C2. The summed E-state index contributed by atoms with van der Waals surface area (Å²) < 4.78 is 15.2. The van der Waals surface area contributed by atoms with Crippen molar-refractivity contribution in [3.8, 4) is 5.69 Å². The number of likely N-dealkylation sites (tertiary alicyclic amines) is 2. The van der Waals surface area contributed by atoms with Gasteiger partial charge in [0.15, 0.2) is 0 Å². The van der Waals surface area contributed by atoms with Crippen molar-refractivity contribution in [2.24, 2.45) is 11.3 Å². The minimum atomic E-state index is -0.261. The van der Waals surface area contributed by atoms with Gasteiger partial charge in [-0.3, -0.25) is 9.69 Å². The predicted molar refractivity (Wildman–Crippen MR) is 104 cm³/mol. The molecule has 5 nitrogen and oxygen atoms in total. The Labute approximate surface area is 165 Å². The summed E-state index contributed by atoms with van der Waals surface area (Å²) in [4.78, 5) is 17.7. The number of halogens is 1. The number of benzene rings is 1. The average Bonchev–Trinajstić information content (AvgIpc) is 3.22. The second-order valence-electron chi connectivity index (χ2n) is 8.81. The van der Waals surface area contributed by atoms with Gasteiger partial charge in [0.25, 0.3) is 0 Å². The molecule has 1 aliphatic carbocycles. The number of carbonyl (C=O) groups excluding carboxylic acids is 1. The highest BCUT2D eigenvalue weighted by Crippen LogP contribution is 2.42. The minimum absolute atomic E-state index is 0.175. The van der Waals surface area contributed by atoms with Gasteiger partial charge < -0.3 is 4.90 Å². The van der Waals surface area contributed by atoms with Crippen LogP contribution in [0.5, 0.6) is 0 Å². The molecule has 1 amide bonds. The quantitative estimate of drug-likeness (QED) is 0.797. The zero-order chi connectivity index (χ0) is 19.1. The van der Waals surface area contributed by atoms with E-state index in [4.69, 9.17) is 0 Å². The van der Waals surface area contributed by atoms with Gasteiger partial charge in [-0.25, -0.2) is 9.07 Å². The standard InChI is InChI=1S/C22H27FN4O/c23-19-3-1-4-20(11-19)27-15-18(12-24-27)13-25-10-8-22(16-25)7-2-9-26(21(22)28)14-17-5-6-17/h1,3-4,11-12,15,17H,2,5-10,13-14,16H2/t22-/m1/s1. The van der Waals surface area contributed by atoms with Gasteiger partial charge >= 0.3 is 0 Å². The maximum atomic E-state index is 13.5. The molecule has 3 fully saturated rings. The summed E-state index contributed by atoms with van der Waals surface area (Å²) in [5.74, 6) is 0.886. The fourth-order valence-electron chi connectivity index (χ4n) is 4.87. The molecule has 6 heteroatoms. The lowest BCUT2D eigenvalue weighted by molar-refractivity contribution is -0.145. The van der Waals surface area contributed by atoms with Crippen LogP contribution < -0.4 is 0 Å². The molecule has 5 rings (SSSR count). The van der Waals surface area contributed by atoms with Crippen LogP contribution in [0.25, 0.3) is 5.69 Å². The first-order chi connectivity index (χ1) is 13.6. The number of hydrogen-bond acceptors (Lipinski definition) is 3. The minimum Gasteiger partial charge on any atom is -0.342 e. The summed E-state index contributed by atoms with van der Waals surface area (Å²) in [7, 11) is 0. The molecule has 0 N–H and O–H groups in total. The van der Waals surface area contributed by atoms with Crippen LogP contribution in [0.4, 0.5) is 4.39 Å². The summed E-state index contributed by atoms with van der Waals surface area (Å²) in [6.07, 6.45) is 9.50. The van der Waals surface area contributed by atoms with Crippen molar-refractivity contribution in [2.45, 2.75) is 38.6 Å².